The average molecular weight is 284 g/mol. The number of rotatable bonds is 3. The molecule has 6 nitrogen and oxygen atoms in total. The zero-order valence-corrected chi connectivity index (χ0v) is 11.5. The number of hydrogen-bond donors (Lipinski definition) is 2. The van der Waals surface area contributed by atoms with Crippen molar-refractivity contribution in [1.82, 2.24) is 10.2 Å². The van der Waals surface area contributed by atoms with Gasteiger partial charge in [-0.2, -0.15) is 0 Å². The van der Waals surface area contributed by atoms with E-state index in [9.17, 15) is 8.42 Å². The average Bonchev–Trinajstić information content (AvgIpc) is 2.75. The van der Waals surface area contributed by atoms with Gasteiger partial charge in [0.25, 0.3) is 10.0 Å². The van der Waals surface area contributed by atoms with Crippen molar-refractivity contribution in [2.45, 2.75) is 18.7 Å². The van der Waals surface area contributed by atoms with Gasteiger partial charge in [0.1, 0.15) is 10.4 Å². The van der Waals surface area contributed by atoms with Crippen molar-refractivity contribution in [1.29, 1.82) is 0 Å². The second-order valence-electron chi connectivity index (χ2n) is 3.78. The van der Waals surface area contributed by atoms with E-state index in [1.807, 2.05) is 6.92 Å². The van der Waals surface area contributed by atoms with Gasteiger partial charge in [-0.1, -0.05) is 17.4 Å². The number of nitrogens with one attached hydrogen (secondary N) is 1. The summed E-state index contributed by atoms with van der Waals surface area (Å²) >= 11 is 1.11. The Labute approximate surface area is 109 Å². The Balaban J connectivity index is 2.51. The Bertz CT molecular complexity index is 665. The molecule has 0 fully saturated rings. The minimum Gasteiger partial charge on any atom is -0.398 e. The van der Waals surface area contributed by atoms with Gasteiger partial charge in [0.05, 0.1) is 5.69 Å². The maximum absolute atomic E-state index is 12.2. The smallest absolute Gasteiger partial charge is 0.266 e. The van der Waals surface area contributed by atoms with Crippen LogP contribution in [0.1, 0.15) is 11.1 Å². The van der Waals surface area contributed by atoms with Gasteiger partial charge in [-0.25, -0.2) is 8.42 Å². The van der Waals surface area contributed by atoms with E-state index in [2.05, 4.69) is 14.9 Å². The van der Waals surface area contributed by atoms with E-state index < -0.39 is 10.0 Å². The molecule has 18 heavy (non-hydrogen) atoms. The van der Waals surface area contributed by atoms with Gasteiger partial charge in [0.2, 0.25) is 5.13 Å². The number of aryl methyl sites for hydroxylation is 1. The van der Waals surface area contributed by atoms with Crippen LogP contribution in [0.15, 0.2) is 22.5 Å². The number of nitrogens with two attached hydrogens (primary N) is 1. The molecule has 8 heteroatoms. The van der Waals surface area contributed by atoms with Crippen molar-refractivity contribution < 1.29 is 8.42 Å². The first-order chi connectivity index (χ1) is 8.42. The summed E-state index contributed by atoms with van der Waals surface area (Å²) in [5.74, 6) is 0. The Morgan fingerprint density at radius 1 is 1.33 bits per heavy atom. The largest absolute Gasteiger partial charge is 0.398 e. The SMILES string of the molecule is Cc1ccc(N)c(S(=O)(=O)Nc2nncs2)c1C. The van der Waals surface area contributed by atoms with E-state index in [0.717, 1.165) is 16.9 Å². The lowest BCUT2D eigenvalue weighted by Gasteiger charge is -2.12. The molecule has 0 radical (unpaired) electrons. The molecule has 0 bridgehead atoms. The molecule has 0 unspecified atom stereocenters. The van der Waals surface area contributed by atoms with Crippen LogP contribution in [0.3, 0.4) is 0 Å². The van der Waals surface area contributed by atoms with E-state index >= 15 is 0 Å². The highest BCUT2D eigenvalue weighted by atomic mass is 32.2. The fourth-order valence-corrected chi connectivity index (χ4v) is 3.68. The Morgan fingerprint density at radius 2 is 2.06 bits per heavy atom. The molecule has 1 aromatic heterocycles. The third-order valence-electron chi connectivity index (χ3n) is 2.56. The Kier molecular flexibility index (Phi) is 3.22. The maximum atomic E-state index is 12.2. The summed E-state index contributed by atoms with van der Waals surface area (Å²) in [6, 6.07) is 3.37. The van der Waals surface area contributed by atoms with Gasteiger partial charge in [0.15, 0.2) is 0 Å². The summed E-state index contributed by atoms with van der Waals surface area (Å²) in [6.45, 7) is 3.55. The summed E-state index contributed by atoms with van der Waals surface area (Å²) < 4.78 is 26.8. The highest BCUT2D eigenvalue weighted by Crippen LogP contribution is 2.27. The molecule has 2 rings (SSSR count). The lowest BCUT2D eigenvalue weighted by Crippen LogP contribution is -2.16. The molecular weight excluding hydrogens is 272 g/mol. The number of sulfonamides is 1. The van der Waals surface area contributed by atoms with Crippen molar-refractivity contribution in [3.8, 4) is 0 Å². The standard InChI is InChI=1S/C10H12N4O2S2/c1-6-3-4-8(11)9(7(6)2)18(15,16)14-10-13-12-5-17-10/h3-5H,11H2,1-2H3,(H,13,14). The van der Waals surface area contributed by atoms with E-state index in [0.29, 0.717) is 5.56 Å². The predicted octanol–water partition coefficient (Wildman–Crippen LogP) is 1.54. The third kappa shape index (κ3) is 2.29. The number of anilines is 2. The second kappa shape index (κ2) is 4.54. The van der Waals surface area contributed by atoms with Crippen LogP contribution in [0.25, 0.3) is 0 Å². The van der Waals surface area contributed by atoms with Gasteiger partial charge < -0.3 is 5.73 Å². The molecule has 2 aromatic rings. The minimum atomic E-state index is -3.73. The van der Waals surface area contributed by atoms with Crippen LogP contribution in [0, 0.1) is 13.8 Å². The van der Waals surface area contributed by atoms with Gasteiger partial charge in [-0.3, -0.25) is 4.72 Å². The van der Waals surface area contributed by atoms with Gasteiger partial charge in [-0.05, 0) is 31.0 Å². The first-order valence-electron chi connectivity index (χ1n) is 5.06. The number of nitrogen functional groups attached to an aromatic ring is 1. The van der Waals surface area contributed by atoms with Crippen molar-refractivity contribution in [2.75, 3.05) is 10.5 Å². The molecule has 1 aromatic carbocycles. The second-order valence-corrected chi connectivity index (χ2v) is 6.23. The summed E-state index contributed by atoms with van der Waals surface area (Å²) in [4.78, 5) is 0.0951. The van der Waals surface area contributed by atoms with Crippen molar-refractivity contribution in [2.24, 2.45) is 0 Å². The van der Waals surface area contributed by atoms with Gasteiger partial charge >= 0.3 is 0 Å². The molecule has 0 saturated heterocycles. The van der Waals surface area contributed by atoms with Crippen LogP contribution in [0.4, 0.5) is 10.8 Å². The van der Waals surface area contributed by atoms with Crippen LogP contribution in [0.5, 0.6) is 0 Å². The molecule has 0 atom stereocenters. The first-order valence-corrected chi connectivity index (χ1v) is 7.43. The number of aromatic nitrogens is 2. The third-order valence-corrected chi connectivity index (χ3v) is 4.83. The molecule has 0 aliphatic carbocycles. The summed E-state index contributed by atoms with van der Waals surface area (Å²) in [5, 5.41) is 7.44. The summed E-state index contributed by atoms with van der Waals surface area (Å²) in [5.41, 5.74) is 8.91. The molecule has 0 saturated carbocycles. The van der Waals surface area contributed by atoms with Crippen LogP contribution in [-0.4, -0.2) is 18.6 Å². The Hall–Kier alpha value is -1.67. The summed E-state index contributed by atoms with van der Waals surface area (Å²) in [7, 11) is -3.73. The molecule has 0 aliphatic rings. The minimum absolute atomic E-state index is 0.0951. The normalized spacial score (nSPS) is 11.4. The fraction of sp³-hybridized carbons (Fsp3) is 0.200. The highest BCUT2D eigenvalue weighted by Gasteiger charge is 2.22. The molecule has 0 aliphatic heterocycles. The molecule has 0 spiro atoms. The highest BCUT2D eigenvalue weighted by molar-refractivity contribution is 7.93. The van der Waals surface area contributed by atoms with Crippen molar-refractivity contribution in [3.05, 3.63) is 28.8 Å². The zero-order valence-electron chi connectivity index (χ0n) is 9.84. The van der Waals surface area contributed by atoms with E-state index in [1.54, 1.807) is 19.1 Å². The maximum Gasteiger partial charge on any atom is 0.266 e. The summed E-state index contributed by atoms with van der Waals surface area (Å²) in [6.07, 6.45) is 0. The fourth-order valence-electron chi connectivity index (χ4n) is 1.55. The molecule has 0 amide bonds. The number of nitrogens with zero attached hydrogens (tertiary/aromatic N) is 2. The predicted molar refractivity (Wildman–Crippen MR) is 71.0 cm³/mol. The first kappa shape index (κ1) is 12.8. The van der Waals surface area contributed by atoms with Crippen LogP contribution in [-0.2, 0) is 10.0 Å². The van der Waals surface area contributed by atoms with E-state index in [1.165, 1.54) is 5.51 Å². The van der Waals surface area contributed by atoms with Crippen LogP contribution < -0.4 is 10.5 Å². The van der Waals surface area contributed by atoms with Crippen LogP contribution in [0.2, 0.25) is 0 Å². The van der Waals surface area contributed by atoms with Crippen LogP contribution >= 0.6 is 11.3 Å². The van der Waals surface area contributed by atoms with Crippen molar-refractivity contribution in [3.63, 3.8) is 0 Å². The molecular formula is C10H12N4O2S2. The van der Waals surface area contributed by atoms with E-state index in [4.69, 9.17) is 5.73 Å². The quantitative estimate of drug-likeness (QED) is 0.833. The molecule has 96 valence electrons. The topological polar surface area (TPSA) is 98.0 Å². The molecule has 1 heterocycles. The number of benzene rings is 1. The lowest BCUT2D eigenvalue weighted by atomic mass is 10.1. The zero-order chi connectivity index (χ0) is 13.3. The number of hydrogen-bond acceptors (Lipinski definition) is 6. The lowest BCUT2D eigenvalue weighted by molar-refractivity contribution is 0.601. The Morgan fingerprint density at radius 3 is 2.67 bits per heavy atom. The van der Waals surface area contributed by atoms with E-state index in [-0.39, 0.29) is 15.7 Å². The monoisotopic (exact) mass is 284 g/mol. The molecule has 3 N–H and O–H groups in total. The van der Waals surface area contributed by atoms with Gasteiger partial charge in [-0.15, -0.1) is 10.2 Å². The van der Waals surface area contributed by atoms with Gasteiger partial charge in [0, 0.05) is 0 Å². The van der Waals surface area contributed by atoms with Crippen molar-refractivity contribution >= 4 is 32.2 Å².